The van der Waals surface area contributed by atoms with E-state index < -0.39 is 11.8 Å². The zero-order valence-corrected chi connectivity index (χ0v) is 12.3. The first-order valence-corrected chi connectivity index (χ1v) is 7.31. The number of fused-ring (bicyclic) bond motifs is 1. The maximum absolute atomic E-state index is 12.7. The Morgan fingerprint density at radius 1 is 0.909 bits per heavy atom. The third kappa shape index (κ3) is 2.39. The van der Waals surface area contributed by atoms with E-state index in [-0.39, 0.29) is 23.8 Å². The maximum Gasteiger partial charge on any atom is 0.175 e. The largest absolute Gasteiger partial charge is 0.300 e. The van der Waals surface area contributed by atoms with E-state index in [4.69, 9.17) is 0 Å². The SMILES string of the molecule is CC(=O)C[C@@H](c1ccccc1)C1C(=O)c2ccccc2C1=O. The van der Waals surface area contributed by atoms with Crippen LogP contribution in [0, 0.1) is 5.92 Å². The second-order valence-electron chi connectivity index (χ2n) is 5.68. The quantitative estimate of drug-likeness (QED) is 0.811. The molecule has 3 nitrogen and oxygen atoms in total. The summed E-state index contributed by atoms with van der Waals surface area (Å²) >= 11 is 0. The van der Waals surface area contributed by atoms with Gasteiger partial charge in [0.05, 0.1) is 5.92 Å². The van der Waals surface area contributed by atoms with E-state index in [2.05, 4.69) is 0 Å². The lowest BCUT2D eigenvalue weighted by Crippen LogP contribution is -2.25. The van der Waals surface area contributed by atoms with Crippen molar-refractivity contribution in [3.8, 4) is 0 Å². The van der Waals surface area contributed by atoms with Gasteiger partial charge < -0.3 is 4.79 Å². The first-order chi connectivity index (χ1) is 10.6. The van der Waals surface area contributed by atoms with Crippen LogP contribution in [0.2, 0.25) is 0 Å². The van der Waals surface area contributed by atoms with E-state index in [9.17, 15) is 14.4 Å². The Bertz CT molecular complexity index is 711. The first-order valence-electron chi connectivity index (χ1n) is 7.31. The number of hydrogen-bond donors (Lipinski definition) is 0. The van der Waals surface area contributed by atoms with Crippen LogP contribution in [0.15, 0.2) is 54.6 Å². The molecule has 2 aromatic rings. The van der Waals surface area contributed by atoms with Gasteiger partial charge in [-0.15, -0.1) is 0 Å². The van der Waals surface area contributed by atoms with Gasteiger partial charge in [-0.1, -0.05) is 54.6 Å². The Morgan fingerprint density at radius 2 is 1.41 bits per heavy atom. The lowest BCUT2D eigenvalue weighted by atomic mass is 9.80. The zero-order valence-electron chi connectivity index (χ0n) is 12.3. The van der Waals surface area contributed by atoms with Gasteiger partial charge in [-0.05, 0) is 12.5 Å². The van der Waals surface area contributed by atoms with E-state index in [0.29, 0.717) is 11.1 Å². The van der Waals surface area contributed by atoms with E-state index in [0.717, 1.165) is 5.56 Å². The predicted octanol–water partition coefficient (Wildman–Crippen LogP) is 3.44. The zero-order chi connectivity index (χ0) is 15.7. The van der Waals surface area contributed by atoms with Crippen molar-refractivity contribution in [2.45, 2.75) is 19.3 Å². The van der Waals surface area contributed by atoms with Crippen LogP contribution in [0.5, 0.6) is 0 Å². The molecule has 0 bridgehead atoms. The first kappa shape index (κ1) is 14.4. The molecule has 0 aliphatic heterocycles. The van der Waals surface area contributed by atoms with Crippen LogP contribution in [0.1, 0.15) is 45.5 Å². The van der Waals surface area contributed by atoms with Crippen molar-refractivity contribution in [2.75, 3.05) is 0 Å². The molecule has 0 unspecified atom stereocenters. The predicted molar refractivity (Wildman–Crippen MR) is 83.1 cm³/mol. The molecular weight excluding hydrogens is 276 g/mol. The van der Waals surface area contributed by atoms with Crippen LogP contribution in [0.25, 0.3) is 0 Å². The summed E-state index contributed by atoms with van der Waals surface area (Å²) in [6.45, 7) is 1.49. The average Bonchev–Trinajstić information content (AvgIpc) is 2.78. The Balaban J connectivity index is 2.05. The van der Waals surface area contributed by atoms with Crippen LogP contribution in [0.4, 0.5) is 0 Å². The molecule has 3 rings (SSSR count). The van der Waals surface area contributed by atoms with E-state index >= 15 is 0 Å². The number of ketones is 3. The molecule has 0 fully saturated rings. The summed E-state index contributed by atoms with van der Waals surface area (Å²) in [5.74, 6) is -1.55. The standard InChI is InChI=1S/C19H16O3/c1-12(20)11-16(13-7-3-2-4-8-13)17-18(21)14-9-5-6-10-15(14)19(17)22/h2-10,16-17H,11H2,1H3/t16-/m0/s1. The van der Waals surface area contributed by atoms with E-state index in [1.54, 1.807) is 24.3 Å². The van der Waals surface area contributed by atoms with Crippen molar-refractivity contribution in [3.05, 3.63) is 71.3 Å². The molecule has 0 amide bonds. The highest BCUT2D eigenvalue weighted by Gasteiger charge is 2.43. The monoisotopic (exact) mass is 292 g/mol. The Kier molecular flexibility index (Phi) is 3.72. The van der Waals surface area contributed by atoms with Crippen molar-refractivity contribution in [3.63, 3.8) is 0 Å². The molecular formula is C19H16O3. The third-order valence-corrected chi connectivity index (χ3v) is 4.16. The fourth-order valence-corrected chi connectivity index (χ4v) is 3.17. The molecule has 0 N–H and O–H groups in total. The number of carbonyl (C=O) groups is 3. The summed E-state index contributed by atoms with van der Waals surface area (Å²) in [7, 11) is 0. The van der Waals surface area contributed by atoms with Crippen molar-refractivity contribution in [1.29, 1.82) is 0 Å². The van der Waals surface area contributed by atoms with Gasteiger partial charge >= 0.3 is 0 Å². The van der Waals surface area contributed by atoms with Crippen LogP contribution in [-0.2, 0) is 4.79 Å². The molecule has 3 heteroatoms. The van der Waals surface area contributed by atoms with Gasteiger partial charge in [-0.2, -0.15) is 0 Å². The summed E-state index contributed by atoms with van der Waals surface area (Å²) in [4.78, 5) is 37.0. The van der Waals surface area contributed by atoms with E-state index in [1.807, 2.05) is 30.3 Å². The molecule has 0 spiro atoms. The number of rotatable bonds is 4. The highest BCUT2D eigenvalue weighted by atomic mass is 16.2. The number of Topliss-reactive ketones (excluding diaryl/α,β-unsaturated/α-hetero) is 3. The molecule has 0 saturated carbocycles. The lowest BCUT2D eigenvalue weighted by molar-refractivity contribution is -0.117. The number of hydrogen-bond acceptors (Lipinski definition) is 3. The summed E-state index contributed by atoms with van der Waals surface area (Å²) < 4.78 is 0. The summed E-state index contributed by atoms with van der Waals surface area (Å²) in [6, 6.07) is 16.2. The van der Waals surface area contributed by atoms with Crippen LogP contribution < -0.4 is 0 Å². The van der Waals surface area contributed by atoms with Crippen molar-refractivity contribution >= 4 is 17.3 Å². The second kappa shape index (κ2) is 5.68. The van der Waals surface area contributed by atoms with Gasteiger partial charge in [0.25, 0.3) is 0 Å². The molecule has 22 heavy (non-hydrogen) atoms. The highest BCUT2D eigenvalue weighted by molar-refractivity contribution is 6.27. The van der Waals surface area contributed by atoms with Crippen molar-refractivity contribution in [2.24, 2.45) is 5.92 Å². The minimum Gasteiger partial charge on any atom is -0.300 e. The molecule has 0 heterocycles. The third-order valence-electron chi connectivity index (χ3n) is 4.16. The number of benzene rings is 2. The van der Waals surface area contributed by atoms with Crippen molar-refractivity contribution in [1.82, 2.24) is 0 Å². The van der Waals surface area contributed by atoms with Crippen LogP contribution >= 0.6 is 0 Å². The summed E-state index contributed by atoms with van der Waals surface area (Å²) in [6.07, 6.45) is 0.195. The van der Waals surface area contributed by atoms with Gasteiger partial charge in [0, 0.05) is 23.5 Å². The molecule has 1 atom stereocenters. The van der Waals surface area contributed by atoms with Crippen LogP contribution in [0.3, 0.4) is 0 Å². The molecule has 2 aromatic carbocycles. The second-order valence-corrected chi connectivity index (χ2v) is 5.68. The Morgan fingerprint density at radius 3 is 1.91 bits per heavy atom. The van der Waals surface area contributed by atoms with Crippen LogP contribution in [-0.4, -0.2) is 17.3 Å². The van der Waals surface area contributed by atoms with Crippen molar-refractivity contribution < 1.29 is 14.4 Å². The summed E-state index contributed by atoms with van der Waals surface area (Å²) in [5, 5.41) is 0. The Labute approximate surface area is 129 Å². The smallest absolute Gasteiger partial charge is 0.175 e. The van der Waals surface area contributed by atoms with Gasteiger partial charge in [-0.3, -0.25) is 9.59 Å². The van der Waals surface area contributed by atoms with Gasteiger partial charge in [0.1, 0.15) is 5.78 Å². The normalized spacial score (nSPS) is 15.7. The van der Waals surface area contributed by atoms with Gasteiger partial charge in [0.2, 0.25) is 0 Å². The molecule has 0 saturated heterocycles. The highest BCUT2D eigenvalue weighted by Crippen LogP contribution is 2.38. The van der Waals surface area contributed by atoms with Gasteiger partial charge in [-0.25, -0.2) is 0 Å². The fourth-order valence-electron chi connectivity index (χ4n) is 3.17. The topological polar surface area (TPSA) is 51.2 Å². The Hall–Kier alpha value is -2.55. The molecule has 1 aliphatic carbocycles. The fraction of sp³-hybridized carbons (Fsp3) is 0.211. The maximum atomic E-state index is 12.7. The minimum absolute atomic E-state index is 0.0228. The molecule has 0 aromatic heterocycles. The number of carbonyl (C=O) groups excluding carboxylic acids is 3. The lowest BCUT2D eigenvalue weighted by Gasteiger charge is -2.20. The molecule has 110 valence electrons. The molecule has 0 radical (unpaired) electrons. The summed E-state index contributed by atoms with van der Waals surface area (Å²) in [5.41, 5.74) is 1.81. The van der Waals surface area contributed by atoms with Gasteiger partial charge in [0.15, 0.2) is 11.6 Å². The molecule has 1 aliphatic rings. The minimum atomic E-state index is -0.788. The van der Waals surface area contributed by atoms with E-state index in [1.165, 1.54) is 6.92 Å². The average molecular weight is 292 g/mol.